The van der Waals surface area contributed by atoms with E-state index in [0.717, 1.165) is 29.2 Å². The van der Waals surface area contributed by atoms with E-state index in [1.54, 1.807) is 6.07 Å². The number of aromatic nitrogens is 4. The van der Waals surface area contributed by atoms with Gasteiger partial charge in [0, 0.05) is 23.2 Å². The van der Waals surface area contributed by atoms with Gasteiger partial charge in [0.25, 0.3) is 5.89 Å². The molecule has 1 saturated carbocycles. The molecule has 2 aromatic heterocycles. The first kappa shape index (κ1) is 15.9. The highest BCUT2D eigenvalue weighted by Gasteiger charge is 2.30. The molecule has 0 aliphatic heterocycles. The van der Waals surface area contributed by atoms with E-state index in [0.29, 0.717) is 35.8 Å². The van der Waals surface area contributed by atoms with Gasteiger partial charge in [0.1, 0.15) is 5.82 Å². The van der Waals surface area contributed by atoms with E-state index in [2.05, 4.69) is 25.7 Å². The molecule has 0 unspecified atom stereocenters. The Balaban J connectivity index is 1.49. The van der Waals surface area contributed by atoms with Gasteiger partial charge in [-0.05, 0) is 30.5 Å². The number of anilines is 1. The van der Waals surface area contributed by atoms with Crippen molar-refractivity contribution in [3.05, 3.63) is 65.8 Å². The molecule has 5 rings (SSSR count). The van der Waals surface area contributed by atoms with E-state index < -0.39 is 0 Å². The van der Waals surface area contributed by atoms with Crippen LogP contribution in [0.3, 0.4) is 0 Å². The summed E-state index contributed by atoms with van der Waals surface area (Å²) in [7, 11) is 0. The molecule has 1 aliphatic rings. The van der Waals surface area contributed by atoms with Gasteiger partial charge >= 0.3 is 0 Å². The van der Waals surface area contributed by atoms with Crippen LogP contribution in [0.5, 0.6) is 0 Å². The zero-order chi connectivity index (χ0) is 18.2. The van der Waals surface area contributed by atoms with Gasteiger partial charge in [0.15, 0.2) is 11.5 Å². The van der Waals surface area contributed by atoms with Crippen molar-refractivity contribution in [3.63, 3.8) is 0 Å². The summed E-state index contributed by atoms with van der Waals surface area (Å²) in [5.41, 5.74) is 1.40. The highest BCUT2D eigenvalue weighted by molar-refractivity contribution is 5.98. The summed E-state index contributed by atoms with van der Waals surface area (Å²) < 4.78 is 19.2. The van der Waals surface area contributed by atoms with Crippen LogP contribution in [0.25, 0.3) is 22.4 Å². The van der Waals surface area contributed by atoms with Crippen LogP contribution in [0.4, 0.5) is 10.2 Å². The lowest BCUT2D eigenvalue weighted by Crippen LogP contribution is -2.04. The van der Waals surface area contributed by atoms with Crippen molar-refractivity contribution >= 4 is 16.6 Å². The summed E-state index contributed by atoms with van der Waals surface area (Å²) in [5.74, 6) is 1.81. The molecule has 4 aromatic rings. The summed E-state index contributed by atoms with van der Waals surface area (Å²) in [6.07, 6.45) is 2.19. The minimum Gasteiger partial charge on any atom is -0.419 e. The van der Waals surface area contributed by atoms with Crippen molar-refractivity contribution in [1.29, 1.82) is 0 Å². The van der Waals surface area contributed by atoms with Gasteiger partial charge in [-0.2, -0.15) is 0 Å². The van der Waals surface area contributed by atoms with Crippen LogP contribution >= 0.6 is 0 Å². The van der Waals surface area contributed by atoms with Crippen LogP contribution in [-0.2, 0) is 6.54 Å². The van der Waals surface area contributed by atoms with Crippen molar-refractivity contribution in [3.8, 4) is 11.6 Å². The molecule has 1 fully saturated rings. The molecule has 0 atom stereocenters. The van der Waals surface area contributed by atoms with Gasteiger partial charge in [-0.3, -0.25) is 0 Å². The van der Waals surface area contributed by atoms with Crippen LogP contribution in [0, 0.1) is 5.82 Å². The number of fused-ring (bicyclic) bond motifs is 1. The molecule has 7 heteroatoms. The Bertz CT molecular complexity index is 1120. The van der Waals surface area contributed by atoms with Crippen LogP contribution in [-0.4, -0.2) is 20.4 Å². The van der Waals surface area contributed by atoms with Crippen molar-refractivity contribution in [2.45, 2.75) is 25.3 Å². The fraction of sp³-hybridized carbons (Fsp3) is 0.200. The second-order valence-corrected chi connectivity index (χ2v) is 6.65. The summed E-state index contributed by atoms with van der Waals surface area (Å²) in [6.45, 7) is 0.447. The maximum atomic E-state index is 13.4. The van der Waals surface area contributed by atoms with Crippen LogP contribution < -0.4 is 5.32 Å². The predicted molar refractivity (Wildman–Crippen MR) is 98.5 cm³/mol. The van der Waals surface area contributed by atoms with Gasteiger partial charge < -0.3 is 9.73 Å². The van der Waals surface area contributed by atoms with E-state index >= 15 is 0 Å². The Kier molecular flexibility index (Phi) is 3.78. The number of hydrogen-bond acceptors (Lipinski definition) is 6. The molecule has 0 spiro atoms. The van der Waals surface area contributed by atoms with Crippen LogP contribution in [0.1, 0.15) is 30.2 Å². The average molecular weight is 361 g/mol. The van der Waals surface area contributed by atoms with E-state index in [9.17, 15) is 4.39 Å². The van der Waals surface area contributed by atoms with Crippen LogP contribution in [0.15, 0.2) is 52.9 Å². The molecule has 27 heavy (non-hydrogen) atoms. The lowest BCUT2D eigenvalue weighted by Gasteiger charge is -2.09. The number of benzene rings is 2. The molecular weight excluding hydrogens is 345 g/mol. The van der Waals surface area contributed by atoms with E-state index in [4.69, 9.17) is 4.42 Å². The lowest BCUT2D eigenvalue weighted by molar-refractivity contribution is 0.507. The summed E-state index contributed by atoms with van der Waals surface area (Å²) >= 11 is 0. The number of nitrogens with one attached hydrogen (secondary N) is 1. The van der Waals surface area contributed by atoms with Gasteiger partial charge in [-0.1, -0.05) is 36.4 Å². The Hall–Kier alpha value is -3.35. The number of nitrogens with zero attached hydrogens (tertiary/aromatic N) is 4. The largest absolute Gasteiger partial charge is 0.419 e. The first-order valence-corrected chi connectivity index (χ1v) is 8.85. The molecule has 1 aliphatic carbocycles. The lowest BCUT2D eigenvalue weighted by atomic mass is 10.1. The normalized spacial score (nSPS) is 13.8. The third-order valence-electron chi connectivity index (χ3n) is 4.61. The monoisotopic (exact) mass is 361 g/mol. The average Bonchev–Trinajstić information content (AvgIpc) is 3.43. The Morgan fingerprint density at radius 1 is 0.963 bits per heavy atom. The third kappa shape index (κ3) is 3.12. The summed E-state index contributed by atoms with van der Waals surface area (Å²) in [6, 6.07) is 14.2. The van der Waals surface area contributed by atoms with Gasteiger partial charge in [0.05, 0.1) is 0 Å². The van der Waals surface area contributed by atoms with Gasteiger partial charge in [-0.25, -0.2) is 4.39 Å². The molecule has 6 nitrogen and oxygen atoms in total. The molecule has 0 saturated heterocycles. The first-order valence-electron chi connectivity index (χ1n) is 8.85. The van der Waals surface area contributed by atoms with E-state index in [1.807, 2.05) is 30.3 Å². The molecule has 1 N–H and O–H groups in total. The third-order valence-corrected chi connectivity index (χ3v) is 4.61. The second-order valence-electron chi connectivity index (χ2n) is 6.65. The minimum atomic E-state index is -0.261. The zero-order valence-corrected chi connectivity index (χ0v) is 14.4. The zero-order valence-electron chi connectivity index (χ0n) is 14.4. The summed E-state index contributed by atoms with van der Waals surface area (Å²) in [4.78, 5) is 0. The van der Waals surface area contributed by atoms with E-state index in [-0.39, 0.29) is 5.82 Å². The Labute approximate surface area is 154 Å². The number of hydrogen-bond donors (Lipinski definition) is 1. The van der Waals surface area contributed by atoms with Crippen molar-refractivity contribution < 1.29 is 8.81 Å². The maximum Gasteiger partial charge on any atom is 0.268 e. The second kappa shape index (κ2) is 6.42. The molecule has 0 radical (unpaired) electrons. The standard InChI is InChI=1S/C20H16FN5O/c21-14-5-3-4-12(10-14)11-22-18-16-7-2-1-6-15(16)17(23-24-18)20-26-25-19(27-20)13-8-9-13/h1-7,10,13H,8-9,11H2,(H,22,24). The fourth-order valence-corrected chi connectivity index (χ4v) is 3.05. The fourth-order valence-electron chi connectivity index (χ4n) is 3.05. The van der Waals surface area contributed by atoms with Crippen LogP contribution in [0.2, 0.25) is 0 Å². The molecule has 2 aromatic carbocycles. The number of rotatable bonds is 5. The van der Waals surface area contributed by atoms with Gasteiger partial charge in [0.2, 0.25) is 5.89 Å². The number of halogens is 1. The van der Waals surface area contributed by atoms with Crippen molar-refractivity contribution in [2.75, 3.05) is 5.32 Å². The van der Waals surface area contributed by atoms with Crippen molar-refractivity contribution in [1.82, 2.24) is 20.4 Å². The van der Waals surface area contributed by atoms with Gasteiger partial charge in [-0.15, -0.1) is 20.4 Å². The topological polar surface area (TPSA) is 76.7 Å². The van der Waals surface area contributed by atoms with Crippen molar-refractivity contribution in [2.24, 2.45) is 0 Å². The first-order chi connectivity index (χ1) is 13.3. The van der Waals surface area contributed by atoms with E-state index in [1.165, 1.54) is 12.1 Å². The minimum absolute atomic E-state index is 0.261. The molecule has 0 amide bonds. The molecule has 2 heterocycles. The SMILES string of the molecule is Fc1cccc(CNc2nnc(-c3nnc(C4CC4)o3)c3ccccc23)c1. The Morgan fingerprint density at radius 3 is 2.63 bits per heavy atom. The predicted octanol–water partition coefficient (Wildman–Crippen LogP) is 4.31. The quantitative estimate of drug-likeness (QED) is 0.571. The Morgan fingerprint density at radius 2 is 1.81 bits per heavy atom. The highest BCUT2D eigenvalue weighted by atomic mass is 19.1. The molecular formula is C20H16FN5O. The summed E-state index contributed by atoms with van der Waals surface area (Å²) in [5, 5.41) is 21.9. The molecule has 134 valence electrons. The maximum absolute atomic E-state index is 13.4. The smallest absolute Gasteiger partial charge is 0.268 e. The molecule has 0 bridgehead atoms. The highest BCUT2D eigenvalue weighted by Crippen LogP contribution is 2.40.